The molecule has 4 nitrogen and oxygen atoms in total. The summed E-state index contributed by atoms with van der Waals surface area (Å²) in [5.74, 6) is -0.692. The molecule has 22 heavy (non-hydrogen) atoms. The van der Waals surface area contributed by atoms with E-state index in [2.05, 4.69) is 9.98 Å². The third kappa shape index (κ3) is 2.45. The van der Waals surface area contributed by atoms with E-state index in [1.807, 2.05) is 0 Å². The highest BCUT2D eigenvalue weighted by molar-refractivity contribution is 5.95. The maximum atomic E-state index is 13.0. The average Bonchev–Trinajstić information content (AvgIpc) is 2.93. The molecular weight excluding hydrogens is 295 g/mol. The number of carbonyl (C=O) groups excluding carboxylic acids is 1. The molecule has 1 amide bonds. The van der Waals surface area contributed by atoms with E-state index in [0.717, 1.165) is 12.1 Å². The fourth-order valence-corrected chi connectivity index (χ4v) is 2.33. The maximum Gasteiger partial charge on any atom is 0.416 e. The van der Waals surface area contributed by atoms with Gasteiger partial charge in [0.15, 0.2) is 0 Å². The topological polar surface area (TPSA) is 68.3 Å². The van der Waals surface area contributed by atoms with Crippen molar-refractivity contribution in [3.05, 3.63) is 52.8 Å². The third-order valence-electron chi connectivity index (χ3n) is 3.40. The van der Waals surface area contributed by atoms with Crippen LogP contribution < -0.4 is 5.73 Å². The van der Waals surface area contributed by atoms with Crippen LogP contribution in [0.5, 0.6) is 0 Å². The number of alkyl halides is 3. The molecule has 0 aliphatic carbocycles. The number of primary amides is 1. The Morgan fingerprint density at radius 3 is 2.59 bits per heavy atom. The highest BCUT2D eigenvalue weighted by atomic mass is 19.4. The van der Waals surface area contributed by atoms with Crippen molar-refractivity contribution in [1.82, 2.24) is 4.98 Å². The molecule has 3 rings (SSSR count). The van der Waals surface area contributed by atoms with Crippen LogP contribution in [-0.4, -0.2) is 17.1 Å². The molecule has 0 saturated heterocycles. The Morgan fingerprint density at radius 1 is 1.23 bits per heavy atom. The summed E-state index contributed by atoms with van der Waals surface area (Å²) in [6.45, 7) is 0.221. The van der Waals surface area contributed by atoms with Gasteiger partial charge < -0.3 is 5.73 Å². The van der Waals surface area contributed by atoms with Crippen molar-refractivity contribution in [2.24, 2.45) is 10.7 Å². The van der Waals surface area contributed by atoms with Crippen LogP contribution in [0.15, 0.2) is 35.5 Å². The van der Waals surface area contributed by atoms with E-state index in [4.69, 9.17) is 5.73 Å². The lowest BCUT2D eigenvalue weighted by molar-refractivity contribution is -0.137. The van der Waals surface area contributed by atoms with Gasteiger partial charge in [-0.25, -0.2) is 0 Å². The molecule has 2 heterocycles. The number of aromatic nitrogens is 1. The Morgan fingerprint density at radius 2 is 2.00 bits per heavy atom. The number of nitrogens with two attached hydrogens (primary N) is 1. The van der Waals surface area contributed by atoms with E-state index in [1.54, 1.807) is 6.21 Å². The second kappa shape index (κ2) is 4.94. The molecule has 2 N–H and O–H groups in total. The van der Waals surface area contributed by atoms with E-state index in [0.29, 0.717) is 22.3 Å². The lowest BCUT2D eigenvalue weighted by Crippen LogP contribution is -2.12. The van der Waals surface area contributed by atoms with E-state index in [9.17, 15) is 18.0 Å². The second-order valence-corrected chi connectivity index (χ2v) is 4.86. The average molecular weight is 305 g/mol. The second-order valence-electron chi connectivity index (χ2n) is 4.86. The minimum Gasteiger partial charge on any atom is -0.364 e. The summed E-state index contributed by atoms with van der Waals surface area (Å²) in [7, 11) is 0. The first-order valence-corrected chi connectivity index (χ1v) is 6.36. The van der Waals surface area contributed by atoms with E-state index >= 15 is 0 Å². The van der Waals surface area contributed by atoms with Crippen LogP contribution in [0.3, 0.4) is 0 Å². The van der Waals surface area contributed by atoms with Crippen LogP contribution in [0.2, 0.25) is 0 Å². The van der Waals surface area contributed by atoms with Gasteiger partial charge >= 0.3 is 6.18 Å². The number of carbonyl (C=O) groups is 1. The van der Waals surface area contributed by atoms with Crippen molar-refractivity contribution in [1.29, 1.82) is 0 Å². The summed E-state index contributed by atoms with van der Waals surface area (Å²) in [6.07, 6.45) is -1.55. The summed E-state index contributed by atoms with van der Waals surface area (Å²) in [4.78, 5) is 18.9. The number of nitrogens with zero attached hydrogens (tertiary/aromatic N) is 2. The normalized spacial score (nSPS) is 13.2. The predicted molar refractivity (Wildman–Crippen MR) is 74.5 cm³/mol. The summed E-state index contributed by atoms with van der Waals surface area (Å²) < 4.78 is 39.0. The fourth-order valence-electron chi connectivity index (χ4n) is 2.33. The number of benzene rings is 1. The van der Waals surface area contributed by atoms with Gasteiger partial charge in [0.2, 0.25) is 0 Å². The minimum atomic E-state index is -4.44. The molecule has 1 aliphatic heterocycles. The van der Waals surface area contributed by atoms with Gasteiger partial charge in [0.1, 0.15) is 5.69 Å². The number of amides is 1. The number of pyridine rings is 1. The molecule has 1 aliphatic rings. The first-order valence-electron chi connectivity index (χ1n) is 6.36. The van der Waals surface area contributed by atoms with Gasteiger partial charge in [-0.15, -0.1) is 0 Å². The third-order valence-corrected chi connectivity index (χ3v) is 3.40. The zero-order valence-electron chi connectivity index (χ0n) is 11.2. The fraction of sp³-hybridized carbons (Fsp3) is 0.133. The monoisotopic (exact) mass is 305 g/mol. The zero-order valence-corrected chi connectivity index (χ0v) is 11.2. The van der Waals surface area contributed by atoms with Crippen LogP contribution in [-0.2, 0) is 12.7 Å². The smallest absolute Gasteiger partial charge is 0.364 e. The molecule has 1 aromatic carbocycles. The summed E-state index contributed by atoms with van der Waals surface area (Å²) in [6, 6.07) is 5.08. The van der Waals surface area contributed by atoms with Gasteiger partial charge in [-0.05, 0) is 29.3 Å². The molecule has 0 bridgehead atoms. The Hall–Kier alpha value is -2.70. The SMILES string of the molecule is NC(=O)c1ccc(-c2cc(C(F)(F)F)cc3c2C=NC3)cn1. The Kier molecular flexibility index (Phi) is 3.20. The van der Waals surface area contributed by atoms with Crippen LogP contribution in [0, 0.1) is 0 Å². The van der Waals surface area contributed by atoms with Gasteiger partial charge in [-0.1, -0.05) is 6.07 Å². The minimum absolute atomic E-state index is 0.0565. The van der Waals surface area contributed by atoms with Crippen LogP contribution in [0.25, 0.3) is 11.1 Å². The molecule has 1 aromatic heterocycles. The molecule has 112 valence electrons. The largest absolute Gasteiger partial charge is 0.416 e. The number of hydrogen-bond donors (Lipinski definition) is 1. The summed E-state index contributed by atoms with van der Waals surface area (Å²) in [5.41, 5.74) is 6.44. The van der Waals surface area contributed by atoms with Crippen molar-refractivity contribution in [2.75, 3.05) is 0 Å². The molecule has 2 aromatic rings. The number of rotatable bonds is 2. The van der Waals surface area contributed by atoms with E-state index in [1.165, 1.54) is 18.3 Å². The van der Waals surface area contributed by atoms with E-state index < -0.39 is 17.6 Å². The summed E-state index contributed by atoms with van der Waals surface area (Å²) in [5, 5.41) is 0. The van der Waals surface area contributed by atoms with Crippen molar-refractivity contribution in [3.63, 3.8) is 0 Å². The highest BCUT2D eigenvalue weighted by Crippen LogP contribution is 2.36. The van der Waals surface area contributed by atoms with Gasteiger partial charge in [0.05, 0.1) is 12.1 Å². The molecule has 0 atom stereocenters. The molecule has 0 radical (unpaired) electrons. The van der Waals surface area contributed by atoms with Crippen molar-refractivity contribution in [2.45, 2.75) is 12.7 Å². The molecule has 0 spiro atoms. The van der Waals surface area contributed by atoms with Crippen LogP contribution in [0.4, 0.5) is 13.2 Å². The molecule has 7 heteroatoms. The number of hydrogen-bond acceptors (Lipinski definition) is 3. The van der Waals surface area contributed by atoms with Gasteiger partial charge in [-0.2, -0.15) is 13.2 Å². The Labute approximate surface area is 123 Å². The predicted octanol–water partition coefficient (Wildman–Crippen LogP) is 2.80. The van der Waals surface area contributed by atoms with Crippen LogP contribution in [0.1, 0.15) is 27.2 Å². The van der Waals surface area contributed by atoms with Crippen molar-refractivity contribution >= 4 is 12.1 Å². The summed E-state index contributed by atoms with van der Waals surface area (Å²) >= 11 is 0. The maximum absolute atomic E-state index is 13.0. The number of fused-ring (bicyclic) bond motifs is 1. The number of aliphatic imine (C=N–C) groups is 1. The quantitative estimate of drug-likeness (QED) is 0.927. The van der Waals surface area contributed by atoms with Crippen LogP contribution >= 0.6 is 0 Å². The Balaban J connectivity index is 2.15. The van der Waals surface area contributed by atoms with Crippen molar-refractivity contribution in [3.8, 4) is 11.1 Å². The molecular formula is C15H10F3N3O. The van der Waals surface area contributed by atoms with Gasteiger partial charge in [0, 0.05) is 23.5 Å². The lowest BCUT2D eigenvalue weighted by Gasteiger charge is -2.13. The molecule has 0 fully saturated rings. The van der Waals surface area contributed by atoms with Gasteiger partial charge in [0.25, 0.3) is 5.91 Å². The van der Waals surface area contributed by atoms with Crippen molar-refractivity contribution < 1.29 is 18.0 Å². The lowest BCUT2D eigenvalue weighted by atomic mass is 9.95. The number of halogens is 3. The van der Waals surface area contributed by atoms with Gasteiger partial charge in [-0.3, -0.25) is 14.8 Å². The first-order chi connectivity index (χ1) is 10.4. The highest BCUT2D eigenvalue weighted by Gasteiger charge is 2.32. The first kappa shape index (κ1) is 14.2. The zero-order chi connectivity index (χ0) is 15.9. The Bertz CT molecular complexity index is 780. The standard InChI is InChI=1S/C15H10F3N3O/c16-15(17,18)10-3-9-5-20-7-12(9)11(4-10)8-1-2-13(14(19)22)21-6-8/h1-4,6-7H,5H2,(H2,19,22). The van der Waals surface area contributed by atoms with E-state index in [-0.39, 0.29) is 12.2 Å². The molecule has 0 saturated carbocycles. The molecule has 0 unspecified atom stereocenters.